The summed E-state index contributed by atoms with van der Waals surface area (Å²) in [5.41, 5.74) is 0. The molecule has 3 heteroatoms. The minimum atomic E-state index is 0.245. The van der Waals surface area contributed by atoms with Crippen molar-refractivity contribution in [1.29, 1.82) is 0 Å². The Balaban J connectivity index is 1.96. The molecule has 1 aliphatic rings. The zero-order valence-corrected chi connectivity index (χ0v) is 10.6. The monoisotopic (exact) mass is 226 g/mol. The summed E-state index contributed by atoms with van der Waals surface area (Å²) in [6, 6.07) is 0. The molecule has 16 heavy (non-hydrogen) atoms. The predicted octanol–water partition coefficient (Wildman–Crippen LogP) is 2.07. The van der Waals surface area contributed by atoms with Crippen LogP contribution in [0.5, 0.6) is 0 Å². The predicted molar refractivity (Wildman–Crippen MR) is 67.4 cm³/mol. The zero-order valence-electron chi connectivity index (χ0n) is 10.6. The van der Waals surface area contributed by atoms with E-state index in [0.717, 1.165) is 44.8 Å². The van der Waals surface area contributed by atoms with Crippen LogP contribution in [0.15, 0.2) is 0 Å². The van der Waals surface area contributed by atoms with E-state index in [4.69, 9.17) is 0 Å². The standard InChI is InChI=1S/C13H26N2O/c1-2-3-4-9-15-13(16)6-5-12-7-10-14-11-8-12/h12,14H,2-11H2,1H3,(H,15,16). The molecule has 3 nitrogen and oxygen atoms in total. The summed E-state index contributed by atoms with van der Waals surface area (Å²) >= 11 is 0. The molecule has 1 rings (SSSR count). The van der Waals surface area contributed by atoms with Gasteiger partial charge in [0.05, 0.1) is 0 Å². The molecule has 2 N–H and O–H groups in total. The first-order chi connectivity index (χ1) is 7.83. The molecule has 0 aromatic carbocycles. The number of hydrogen-bond acceptors (Lipinski definition) is 2. The molecule has 1 fully saturated rings. The van der Waals surface area contributed by atoms with Gasteiger partial charge in [0.1, 0.15) is 0 Å². The quantitative estimate of drug-likeness (QED) is 0.653. The Labute approximate surface area is 99.4 Å². The molecule has 1 amide bonds. The molecule has 0 bridgehead atoms. The lowest BCUT2D eigenvalue weighted by molar-refractivity contribution is -0.121. The van der Waals surface area contributed by atoms with Gasteiger partial charge in [-0.3, -0.25) is 4.79 Å². The van der Waals surface area contributed by atoms with Crippen molar-refractivity contribution in [2.24, 2.45) is 5.92 Å². The molecule has 94 valence electrons. The normalized spacial score (nSPS) is 17.3. The molecule has 0 aromatic rings. The Hall–Kier alpha value is -0.570. The summed E-state index contributed by atoms with van der Waals surface area (Å²) in [6.07, 6.45) is 7.82. The number of nitrogens with one attached hydrogen (secondary N) is 2. The molecule has 0 unspecified atom stereocenters. The second-order valence-electron chi connectivity index (χ2n) is 4.79. The first-order valence-electron chi connectivity index (χ1n) is 6.80. The van der Waals surface area contributed by atoms with Crippen molar-refractivity contribution >= 4 is 5.91 Å². The van der Waals surface area contributed by atoms with Gasteiger partial charge < -0.3 is 10.6 Å². The Morgan fingerprint density at radius 3 is 2.75 bits per heavy atom. The van der Waals surface area contributed by atoms with E-state index in [1.807, 2.05) is 0 Å². The molecule has 1 heterocycles. The van der Waals surface area contributed by atoms with Crippen molar-refractivity contribution in [2.75, 3.05) is 19.6 Å². The SMILES string of the molecule is CCCCCNC(=O)CCC1CCNCC1. The second-order valence-corrected chi connectivity index (χ2v) is 4.79. The van der Waals surface area contributed by atoms with Gasteiger partial charge in [-0.2, -0.15) is 0 Å². The lowest BCUT2D eigenvalue weighted by Crippen LogP contribution is -2.29. The Morgan fingerprint density at radius 1 is 1.31 bits per heavy atom. The van der Waals surface area contributed by atoms with E-state index in [2.05, 4.69) is 17.6 Å². The zero-order chi connectivity index (χ0) is 11.6. The maximum Gasteiger partial charge on any atom is 0.220 e. The first-order valence-corrected chi connectivity index (χ1v) is 6.80. The number of carbonyl (C=O) groups excluding carboxylic acids is 1. The third kappa shape index (κ3) is 6.11. The fourth-order valence-electron chi connectivity index (χ4n) is 2.20. The van der Waals surface area contributed by atoms with Crippen LogP contribution in [0, 0.1) is 5.92 Å². The maximum absolute atomic E-state index is 11.5. The number of carbonyl (C=O) groups is 1. The van der Waals surface area contributed by atoms with Crippen molar-refractivity contribution < 1.29 is 4.79 Å². The Morgan fingerprint density at radius 2 is 2.06 bits per heavy atom. The second kappa shape index (κ2) is 8.57. The van der Waals surface area contributed by atoms with Crippen LogP contribution in [0.3, 0.4) is 0 Å². The largest absolute Gasteiger partial charge is 0.356 e. The van der Waals surface area contributed by atoms with Crippen LogP contribution in [0.2, 0.25) is 0 Å². The number of rotatable bonds is 7. The van der Waals surface area contributed by atoms with Crippen LogP contribution < -0.4 is 10.6 Å². The molecule has 0 saturated carbocycles. The summed E-state index contributed by atoms with van der Waals surface area (Å²) in [5.74, 6) is 1.01. The van der Waals surface area contributed by atoms with Crippen LogP contribution in [0.1, 0.15) is 51.9 Å². The topological polar surface area (TPSA) is 41.1 Å². The average Bonchev–Trinajstić information content (AvgIpc) is 2.33. The van der Waals surface area contributed by atoms with Gasteiger partial charge in [0.2, 0.25) is 5.91 Å². The van der Waals surface area contributed by atoms with E-state index in [1.165, 1.54) is 25.7 Å². The van der Waals surface area contributed by atoms with E-state index in [1.54, 1.807) is 0 Å². The number of hydrogen-bond donors (Lipinski definition) is 2. The first kappa shape index (κ1) is 13.5. The van der Waals surface area contributed by atoms with Gasteiger partial charge in [-0.25, -0.2) is 0 Å². The number of unbranched alkanes of at least 4 members (excludes halogenated alkanes) is 2. The van der Waals surface area contributed by atoms with Crippen molar-refractivity contribution in [2.45, 2.75) is 51.9 Å². The van der Waals surface area contributed by atoms with Crippen LogP contribution in [0.25, 0.3) is 0 Å². The summed E-state index contributed by atoms with van der Waals surface area (Å²) in [5, 5.41) is 6.35. The number of piperidine rings is 1. The third-order valence-corrected chi connectivity index (χ3v) is 3.34. The number of amides is 1. The highest BCUT2D eigenvalue weighted by molar-refractivity contribution is 5.75. The highest BCUT2D eigenvalue weighted by atomic mass is 16.1. The highest BCUT2D eigenvalue weighted by Crippen LogP contribution is 2.17. The fraction of sp³-hybridized carbons (Fsp3) is 0.923. The van der Waals surface area contributed by atoms with Gasteiger partial charge in [-0.15, -0.1) is 0 Å². The minimum Gasteiger partial charge on any atom is -0.356 e. The van der Waals surface area contributed by atoms with Gasteiger partial charge in [0.15, 0.2) is 0 Å². The molecule has 0 spiro atoms. The van der Waals surface area contributed by atoms with Gasteiger partial charge in [0.25, 0.3) is 0 Å². The summed E-state index contributed by atoms with van der Waals surface area (Å²) in [6.45, 7) is 5.30. The van der Waals surface area contributed by atoms with Crippen molar-refractivity contribution in [3.8, 4) is 0 Å². The van der Waals surface area contributed by atoms with E-state index in [0.29, 0.717) is 0 Å². The highest BCUT2D eigenvalue weighted by Gasteiger charge is 2.13. The van der Waals surface area contributed by atoms with E-state index < -0.39 is 0 Å². The average molecular weight is 226 g/mol. The van der Waals surface area contributed by atoms with Gasteiger partial charge in [-0.1, -0.05) is 19.8 Å². The lowest BCUT2D eigenvalue weighted by atomic mass is 9.93. The Bertz CT molecular complexity index is 188. The van der Waals surface area contributed by atoms with Crippen LogP contribution >= 0.6 is 0 Å². The summed E-state index contributed by atoms with van der Waals surface area (Å²) in [4.78, 5) is 11.5. The molecule has 0 radical (unpaired) electrons. The van der Waals surface area contributed by atoms with Gasteiger partial charge in [-0.05, 0) is 44.7 Å². The summed E-state index contributed by atoms with van der Waals surface area (Å²) in [7, 11) is 0. The maximum atomic E-state index is 11.5. The molecule has 1 saturated heterocycles. The molecular weight excluding hydrogens is 200 g/mol. The molecule has 1 aliphatic heterocycles. The van der Waals surface area contributed by atoms with Crippen LogP contribution in [0.4, 0.5) is 0 Å². The third-order valence-electron chi connectivity index (χ3n) is 3.34. The van der Waals surface area contributed by atoms with Gasteiger partial charge >= 0.3 is 0 Å². The minimum absolute atomic E-state index is 0.245. The van der Waals surface area contributed by atoms with Crippen molar-refractivity contribution in [1.82, 2.24) is 10.6 Å². The molecule has 0 aromatic heterocycles. The van der Waals surface area contributed by atoms with Crippen LogP contribution in [-0.2, 0) is 4.79 Å². The lowest BCUT2D eigenvalue weighted by Gasteiger charge is -2.22. The van der Waals surface area contributed by atoms with E-state index in [9.17, 15) is 4.79 Å². The van der Waals surface area contributed by atoms with Crippen molar-refractivity contribution in [3.63, 3.8) is 0 Å². The molecular formula is C13H26N2O. The Kier molecular flexibility index (Phi) is 7.23. The molecule has 0 atom stereocenters. The van der Waals surface area contributed by atoms with Gasteiger partial charge in [0, 0.05) is 13.0 Å². The summed E-state index contributed by atoms with van der Waals surface area (Å²) < 4.78 is 0. The van der Waals surface area contributed by atoms with E-state index in [-0.39, 0.29) is 5.91 Å². The van der Waals surface area contributed by atoms with Crippen molar-refractivity contribution in [3.05, 3.63) is 0 Å². The smallest absolute Gasteiger partial charge is 0.220 e. The van der Waals surface area contributed by atoms with E-state index >= 15 is 0 Å². The van der Waals surface area contributed by atoms with Crippen LogP contribution in [-0.4, -0.2) is 25.5 Å². The fourth-order valence-corrected chi connectivity index (χ4v) is 2.20. The molecule has 0 aliphatic carbocycles.